The lowest BCUT2D eigenvalue weighted by atomic mass is 10.2. The van der Waals surface area contributed by atoms with Crippen molar-refractivity contribution in [3.05, 3.63) is 57.1 Å². The summed E-state index contributed by atoms with van der Waals surface area (Å²) in [6.07, 6.45) is -0.0363. The number of aromatic nitrogens is 7. The minimum absolute atomic E-state index is 0.0412. The quantitative estimate of drug-likeness (QED) is 0.509. The summed E-state index contributed by atoms with van der Waals surface area (Å²) in [5.74, 6) is 0.344. The topological polar surface area (TPSA) is 114 Å². The molecule has 0 N–H and O–H groups in total. The van der Waals surface area contributed by atoms with Crippen molar-refractivity contribution in [2.24, 2.45) is 14.1 Å². The van der Waals surface area contributed by atoms with Gasteiger partial charge in [0.25, 0.3) is 12.0 Å². The molecule has 28 heavy (non-hydrogen) atoms. The Hall–Kier alpha value is -3.70. The van der Waals surface area contributed by atoms with E-state index in [4.69, 9.17) is 4.52 Å². The molecule has 0 aliphatic carbocycles. The molecule has 0 bridgehead atoms. The lowest BCUT2D eigenvalue weighted by Gasteiger charge is -2.04. The van der Waals surface area contributed by atoms with Gasteiger partial charge in [0.05, 0.1) is 6.33 Å². The SMILES string of the molecule is Cn1c(=O)c2c(ncn2Cc2nc(-c3ccc(C(F)F)nc3)no2)n(C)c1=O. The third-order valence-corrected chi connectivity index (χ3v) is 4.26. The van der Waals surface area contributed by atoms with Gasteiger partial charge in [-0.1, -0.05) is 5.16 Å². The Morgan fingerprint density at radius 3 is 2.61 bits per heavy atom. The van der Waals surface area contributed by atoms with Gasteiger partial charge in [-0.05, 0) is 12.1 Å². The molecule has 0 spiro atoms. The number of imidazole rings is 1. The van der Waals surface area contributed by atoms with Crippen LogP contribution in [0.3, 0.4) is 0 Å². The standard InChI is InChI=1S/C16H13F2N7O3/c1-23-14-11(15(26)24(2)16(23)27)25(7-20-14)6-10-21-13(22-28-10)8-3-4-9(12(17)18)19-5-8/h3-5,7,12H,6H2,1-2H3. The van der Waals surface area contributed by atoms with Crippen LogP contribution in [0.5, 0.6) is 0 Å². The van der Waals surface area contributed by atoms with Crippen molar-refractivity contribution in [1.29, 1.82) is 0 Å². The lowest BCUT2D eigenvalue weighted by Crippen LogP contribution is -2.37. The van der Waals surface area contributed by atoms with E-state index in [0.717, 1.165) is 4.57 Å². The summed E-state index contributed by atoms with van der Waals surface area (Å²) in [4.78, 5) is 36.4. The van der Waals surface area contributed by atoms with E-state index in [1.807, 2.05) is 0 Å². The molecule has 12 heteroatoms. The van der Waals surface area contributed by atoms with Gasteiger partial charge in [-0.3, -0.25) is 18.9 Å². The third kappa shape index (κ3) is 2.78. The number of pyridine rings is 1. The fourth-order valence-corrected chi connectivity index (χ4v) is 2.77. The van der Waals surface area contributed by atoms with Gasteiger partial charge in [0, 0.05) is 25.9 Å². The zero-order valence-corrected chi connectivity index (χ0v) is 14.7. The van der Waals surface area contributed by atoms with Crippen LogP contribution < -0.4 is 11.2 Å². The van der Waals surface area contributed by atoms with Crippen molar-refractivity contribution < 1.29 is 13.3 Å². The predicted octanol–water partition coefficient (Wildman–Crippen LogP) is 0.865. The zero-order valence-electron chi connectivity index (χ0n) is 14.7. The number of rotatable bonds is 4. The lowest BCUT2D eigenvalue weighted by molar-refractivity contribution is 0.146. The van der Waals surface area contributed by atoms with Crippen LogP contribution in [0.25, 0.3) is 22.6 Å². The summed E-state index contributed by atoms with van der Waals surface area (Å²) in [7, 11) is 2.89. The van der Waals surface area contributed by atoms with Crippen molar-refractivity contribution in [2.75, 3.05) is 0 Å². The van der Waals surface area contributed by atoms with Crippen LogP contribution in [0, 0.1) is 0 Å². The van der Waals surface area contributed by atoms with E-state index in [0.29, 0.717) is 5.56 Å². The van der Waals surface area contributed by atoms with E-state index in [9.17, 15) is 18.4 Å². The summed E-state index contributed by atoms with van der Waals surface area (Å²) < 4.78 is 34.1. The first-order chi connectivity index (χ1) is 13.4. The molecule has 0 atom stereocenters. The van der Waals surface area contributed by atoms with Gasteiger partial charge in [0.1, 0.15) is 12.2 Å². The minimum Gasteiger partial charge on any atom is -0.337 e. The van der Waals surface area contributed by atoms with Crippen LogP contribution in [-0.2, 0) is 20.6 Å². The van der Waals surface area contributed by atoms with Crippen LogP contribution in [-0.4, -0.2) is 33.8 Å². The summed E-state index contributed by atoms with van der Waals surface area (Å²) in [6, 6.07) is 2.60. The van der Waals surface area contributed by atoms with E-state index < -0.39 is 17.7 Å². The van der Waals surface area contributed by atoms with Crippen molar-refractivity contribution in [1.82, 2.24) is 33.8 Å². The fraction of sp³-hybridized carbons (Fsp3) is 0.250. The smallest absolute Gasteiger partial charge is 0.332 e. The summed E-state index contributed by atoms with van der Waals surface area (Å²) >= 11 is 0. The number of halogens is 2. The molecule has 4 aromatic rings. The van der Waals surface area contributed by atoms with Gasteiger partial charge in [-0.25, -0.2) is 18.6 Å². The largest absolute Gasteiger partial charge is 0.337 e. The van der Waals surface area contributed by atoms with Gasteiger partial charge >= 0.3 is 5.69 Å². The maximum atomic E-state index is 12.6. The normalized spacial score (nSPS) is 11.6. The van der Waals surface area contributed by atoms with Crippen molar-refractivity contribution in [3.63, 3.8) is 0 Å². The molecule has 10 nitrogen and oxygen atoms in total. The number of fused-ring (bicyclic) bond motifs is 1. The molecule has 0 saturated heterocycles. The Morgan fingerprint density at radius 1 is 1.14 bits per heavy atom. The van der Waals surface area contributed by atoms with Gasteiger partial charge in [-0.15, -0.1) is 0 Å². The number of hydrogen-bond donors (Lipinski definition) is 0. The van der Waals surface area contributed by atoms with E-state index >= 15 is 0 Å². The molecule has 0 fully saturated rings. The van der Waals surface area contributed by atoms with Crippen LogP contribution >= 0.6 is 0 Å². The molecule has 0 amide bonds. The molecule has 4 heterocycles. The minimum atomic E-state index is -2.66. The van der Waals surface area contributed by atoms with Crippen LogP contribution in [0.15, 0.2) is 38.8 Å². The second-order valence-corrected chi connectivity index (χ2v) is 6.03. The van der Waals surface area contributed by atoms with Crippen molar-refractivity contribution >= 4 is 11.2 Å². The highest BCUT2D eigenvalue weighted by molar-refractivity contribution is 5.70. The highest BCUT2D eigenvalue weighted by Gasteiger charge is 2.17. The highest BCUT2D eigenvalue weighted by Crippen LogP contribution is 2.20. The Morgan fingerprint density at radius 2 is 1.93 bits per heavy atom. The van der Waals surface area contributed by atoms with Gasteiger partial charge in [0.2, 0.25) is 11.7 Å². The predicted molar refractivity (Wildman–Crippen MR) is 91.8 cm³/mol. The summed E-state index contributed by atoms with van der Waals surface area (Å²) in [5, 5.41) is 3.81. The molecule has 144 valence electrons. The van der Waals surface area contributed by atoms with E-state index in [1.165, 1.54) is 47.9 Å². The Kier molecular flexibility index (Phi) is 4.09. The van der Waals surface area contributed by atoms with Crippen molar-refractivity contribution in [2.45, 2.75) is 13.0 Å². The van der Waals surface area contributed by atoms with E-state index in [-0.39, 0.29) is 35.1 Å². The number of hydrogen-bond acceptors (Lipinski definition) is 7. The summed E-state index contributed by atoms with van der Waals surface area (Å²) in [5.41, 5.74) is -0.469. The average Bonchev–Trinajstić information content (AvgIpc) is 3.32. The molecule has 0 saturated carbocycles. The number of aryl methyl sites for hydroxylation is 1. The molecule has 0 aliphatic rings. The second kappa shape index (κ2) is 6.48. The van der Waals surface area contributed by atoms with Crippen LogP contribution in [0.1, 0.15) is 18.0 Å². The average molecular weight is 389 g/mol. The number of alkyl halides is 2. The molecule has 4 aromatic heterocycles. The molecular formula is C16H13F2N7O3. The maximum absolute atomic E-state index is 12.6. The fourth-order valence-electron chi connectivity index (χ4n) is 2.77. The molecule has 0 unspecified atom stereocenters. The Balaban J connectivity index is 1.68. The molecule has 0 aromatic carbocycles. The first-order valence-corrected chi connectivity index (χ1v) is 8.04. The zero-order chi connectivity index (χ0) is 20.0. The monoisotopic (exact) mass is 389 g/mol. The van der Waals surface area contributed by atoms with E-state index in [2.05, 4.69) is 20.1 Å². The van der Waals surface area contributed by atoms with Crippen LogP contribution in [0.2, 0.25) is 0 Å². The molecule has 0 aliphatic heterocycles. The van der Waals surface area contributed by atoms with Gasteiger partial charge in [0.15, 0.2) is 11.2 Å². The Labute approximate surface area is 154 Å². The van der Waals surface area contributed by atoms with Crippen molar-refractivity contribution in [3.8, 4) is 11.4 Å². The van der Waals surface area contributed by atoms with Gasteiger partial charge in [-0.2, -0.15) is 4.98 Å². The second-order valence-electron chi connectivity index (χ2n) is 6.03. The maximum Gasteiger partial charge on any atom is 0.332 e. The van der Waals surface area contributed by atoms with Crippen LogP contribution in [0.4, 0.5) is 8.78 Å². The molecule has 0 radical (unpaired) electrons. The highest BCUT2D eigenvalue weighted by atomic mass is 19.3. The summed E-state index contributed by atoms with van der Waals surface area (Å²) in [6.45, 7) is 0.0412. The first-order valence-electron chi connectivity index (χ1n) is 8.04. The van der Waals surface area contributed by atoms with Gasteiger partial charge < -0.3 is 9.09 Å². The molecular weight excluding hydrogens is 376 g/mol. The first kappa shape index (κ1) is 17.7. The Bertz CT molecular complexity index is 1280. The number of nitrogens with zero attached hydrogens (tertiary/aromatic N) is 7. The molecule has 4 rings (SSSR count). The third-order valence-electron chi connectivity index (χ3n) is 4.26. The van der Waals surface area contributed by atoms with E-state index in [1.54, 1.807) is 0 Å².